The molecule has 1 saturated carbocycles. The molecule has 3 heteroatoms. The van der Waals surface area contributed by atoms with Crippen molar-refractivity contribution < 1.29 is 0 Å². The molecule has 0 bridgehead atoms. The lowest BCUT2D eigenvalue weighted by molar-refractivity contribution is 0.117. The van der Waals surface area contributed by atoms with Gasteiger partial charge in [-0.25, -0.2) is 0 Å². The van der Waals surface area contributed by atoms with E-state index in [1.54, 1.807) is 0 Å². The van der Waals surface area contributed by atoms with Gasteiger partial charge in [0.25, 0.3) is 0 Å². The molecule has 1 fully saturated rings. The highest BCUT2D eigenvalue weighted by Crippen LogP contribution is 2.44. The number of nitrogens with zero attached hydrogens (tertiary/aromatic N) is 2. The highest BCUT2D eigenvalue weighted by atomic mass is 15.2. The van der Waals surface area contributed by atoms with Crippen LogP contribution < -0.4 is 5.32 Å². The van der Waals surface area contributed by atoms with Gasteiger partial charge in [-0.3, -0.25) is 4.68 Å². The average molecular weight is 235 g/mol. The second kappa shape index (κ2) is 5.67. The molecule has 1 aromatic heterocycles. The molecule has 1 N–H and O–H groups in total. The van der Waals surface area contributed by atoms with Gasteiger partial charge in [-0.05, 0) is 50.1 Å². The number of aromatic nitrogens is 2. The first-order valence-corrected chi connectivity index (χ1v) is 6.93. The van der Waals surface area contributed by atoms with Gasteiger partial charge in [0.1, 0.15) is 0 Å². The van der Waals surface area contributed by atoms with Gasteiger partial charge in [0.05, 0.1) is 0 Å². The Labute approximate surface area is 105 Å². The summed E-state index contributed by atoms with van der Waals surface area (Å²) in [6.45, 7) is 4.60. The maximum atomic E-state index is 4.24. The number of rotatable bonds is 7. The van der Waals surface area contributed by atoms with Crippen LogP contribution in [0.1, 0.15) is 44.7 Å². The van der Waals surface area contributed by atoms with Crippen molar-refractivity contribution >= 4 is 0 Å². The third kappa shape index (κ3) is 3.09. The van der Waals surface area contributed by atoms with Gasteiger partial charge < -0.3 is 5.32 Å². The van der Waals surface area contributed by atoms with Crippen LogP contribution in [0.15, 0.2) is 12.3 Å². The molecule has 0 atom stereocenters. The van der Waals surface area contributed by atoms with E-state index in [9.17, 15) is 0 Å². The molecule has 17 heavy (non-hydrogen) atoms. The summed E-state index contributed by atoms with van der Waals surface area (Å²) >= 11 is 0. The normalized spacial score (nSPS) is 18.0. The zero-order valence-corrected chi connectivity index (χ0v) is 11.2. The van der Waals surface area contributed by atoms with E-state index in [0.717, 1.165) is 6.54 Å². The lowest BCUT2D eigenvalue weighted by Crippen LogP contribution is -2.40. The first kappa shape index (κ1) is 12.6. The van der Waals surface area contributed by atoms with Crippen LogP contribution >= 0.6 is 0 Å². The molecule has 0 unspecified atom stereocenters. The van der Waals surface area contributed by atoms with Gasteiger partial charge in [-0.15, -0.1) is 0 Å². The predicted octanol–water partition coefficient (Wildman–Crippen LogP) is 2.52. The zero-order chi connectivity index (χ0) is 12.1. The number of nitrogens with one attached hydrogen (secondary N) is 1. The average Bonchev–Trinajstić information content (AvgIpc) is 2.67. The molecule has 0 saturated heterocycles. The molecule has 0 aromatic carbocycles. The molecule has 0 amide bonds. The molecule has 0 radical (unpaired) electrons. The molecule has 0 spiro atoms. The fourth-order valence-electron chi connectivity index (χ4n) is 2.76. The monoisotopic (exact) mass is 235 g/mol. The lowest BCUT2D eigenvalue weighted by atomic mass is 9.66. The highest BCUT2D eigenvalue weighted by molar-refractivity contribution is 5.02. The first-order valence-electron chi connectivity index (χ1n) is 6.93. The Bertz CT molecular complexity index is 339. The van der Waals surface area contributed by atoms with Gasteiger partial charge in [-0.1, -0.05) is 13.3 Å². The minimum absolute atomic E-state index is 0.583. The number of aryl methyl sites for hydroxylation is 2. The van der Waals surface area contributed by atoms with Crippen LogP contribution in [0, 0.1) is 5.41 Å². The Morgan fingerprint density at radius 2 is 2.29 bits per heavy atom. The van der Waals surface area contributed by atoms with Gasteiger partial charge in [-0.2, -0.15) is 5.10 Å². The van der Waals surface area contributed by atoms with E-state index in [0.29, 0.717) is 5.41 Å². The van der Waals surface area contributed by atoms with Crippen LogP contribution in [0.3, 0.4) is 0 Å². The first-order chi connectivity index (χ1) is 8.26. The Kier molecular flexibility index (Phi) is 4.21. The second-order valence-electron chi connectivity index (χ2n) is 5.48. The maximum absolute atomic E-state index is 4.24. The third-order valence-electron chi connectivity index (χ3n) is 4.17. The molecule has 3 nitrogen and oxygen atoms in total. The largest absolute Gasteiger partial charge is 0.316 e. The van der Waals surface area contributed by atoms with E-state index >= 15 is 0 Å². The molecule has 2 rings (SSSR count). The fraction of sp³-hybridized carbons (Fsp3) is 0.786. The Morgan fingerprint density at radius 1 is 1.47 bits per heavy atom. The summed E-state index contributed by atoms with van der Waals surface area (Å²) in [6, 6.07) is 2.14. The van der Waals surface area contributed by atoms with Crippen molar-refractivity contribution in [2.75, 3.05) is 13.1 Å². The molecule has 1 heterocycles. The second-order valence-corrected chi connectivity index (χ2v) is 5.48. The van der Waals surface area contributed by atoms with Crippen LogP contribution in [0.25, 0.3) is 0 Å². The number of hydrogen-bond acceptors (Lipinski definition) is 2. The Morgan fingerprint density at radius 3 is 2.82 bits per heavy atom. The van der Waals surface area contributed by atoms with Crippen LogP contribution in [-0.2, 0) is 13.5 Å². The molecule has 1 aliphatic carbocycles. The van der Waals surface area contributed by atoms with Crippen molar-refractivity contribution in [1.29, 1.82) is 0 Å². The third-order valence-corrected chi connectivity index (χ3v) is 4.17. The predicted molar refractivity (Wildman–Crippen MR) is 71.0 cm³/mol. The number of hydrogen-bond donors (Lipinski definition) is 1. The van der Waals surface area contributed by atoms with E-state index in [1.165, 1.54) is 50.8 Å². The van der Waals surface area contributed by atoms with Crippen molar-refractivity contribution in [1.82, 2.24) is 15.1 Å². The van der Waals surface area contributed by atoms with Crippen LogP contribution in [-0.4, -0.2) is 22.9 Å². The SMILES string of the molecule is CCCNCC1(CCc2ccnn2C)CCC1. The van der Waals surface area contributed by atoms with Gasteiger partial charge >= 0.3 is 0 Å². The summed E-state index contributed by atoms with van der Waals surface area (Å²) < 4.78 is 2.01. The van der Waals surface area contributed by atoms with Crippen molar-refractivity contribution in [2.45, 2.75) is 45.4 Å². The van der Waals surface area contributed by atoms with E-state index in [1.807, 2.05) is 17.9 Å². The van der Waals surface area contributed by atoms with Gasteiger partial charge in [0, 0.05) is 25.5 Å². The van der Waals surface area contributed by atoms with Crippen molar-refractivity contribution in [2.24, 2.45) is 12.5 Å². The molecule has 1 aromatic rings. The minimum atomic E-state index is 0.583. The summed E-state index contributed by atoms with van der Waals surface area (Å²) in [6.07, 6.45) is 9.84. The van der Waals surface area contributed by atoms with E-state index in [-0.39, 0.29) is 0 Å². The van der Waals surface area contributed by atoms with Crippen LogP contribution in [0.4, 0.5) is 0 Å². The van der Waals surface area contributed by atoms with Crippen LogP contribution in [0.2, 0.25) is 0 Å². The van der Waals surface area contributed by atoms with Gasteiger partial charge in [0.15, 0.2) is 0 Å². The summed E-state index contributed by atoms with van der Waals surface area (Å²) in [7, 11) is 2.04. The van der Waals surface area contributed by atoms with E-state index in [2.05, 4.69) is 23.4 Å². The van der Waals surface area contributed by atoms with Crippen molar-refractivity contribution in [3.05, 3.63) is 18.0 Å². The standard InChI is InChI=1S/C14H25N3/c1-3-10-15-12-14(7-4-8-14)9-5-13-6-11-16-17(13)2/h6,11,15H,3-5,7-10,12H2,1-2H3. The van der Waals surface area contributed by atoms with Crippen LogP contribution in [0.5, 0.6) is 0 Å². The topological polar surface area (TPSA) is 29.9 Å². The molecular formula is C14H25N3. The van der Waals surface area contributed by atoms with E-state index in [4.69, 9.17) is 0 Å². The smallest absolute Gasteiger partial charge is 0.0492 e. The van der Waals surface area contributed by atoms with Crippen molar-refractivity contribution in [3.8, 4) is 0 Å². The minimum Gasteiger partial charge on any atom is -0.316 e. The Hall–Kier alpha value is -0.830. The molecule has 96 valence electrons. The Balaban J connectivity index is 1.81. The molecular weight excluding hydrogens is 210 g/mol. The van der Waals surface area contributed by atoms with Gasteiger partial charge in [0.2, 0.25) is 0 Å². The summed E-state index contributed by atoms with van der Waals surface area (Å²) in [5.41, 5.74) is 1.95. The molecule has 1 aliphatic rings. The highest BCUT2D eigenvalue weighted by Gasteiger charge is 2.35. The quantitative estimate of drug-likeness (QED) is 0.736. The zero-order valence-electron chi connectivity index (χ0n) is 11.2. The maximum Gasteiger partial charge on any atom is 0.0492 e. The van der Waals surface area contributed by atoms with Crippen molar-refractivity contribution in [3.63, 3.8) is 0 Å². The summed E-state index contributed by atoms with van der Waals surface area (Å²) in [4.78, 5) is 0. The summed E-state index contributed by atoms with van der Waals surface area (Å²) in [5.74, 6) is 0. The summed E-state index contributed by atoms with van der Waals surface area (Å²) in [5, 5.41) is 7.84. The molecule has 0 aliphatic heterocycles. The van der Waals surface area contributed by atoms with E-state index < -0.39 is 0 Å². The fourth-order valence-corrected chi connectivity index (χ4v) is 2.76. The lowest BCUT2D eigenvalue weighted by Gasteiger charge is -2.42.